The van der Waals surface area contributed by atoms with Gasteiger partial charge in [-0.25, -0.2) is 9.97 Å². The van der Waals surface area contributed by atoms with E-state index in [1.807, 2.05) is 20.0 Å². The molecule has 0 amide bonds. The normalized spacial score (nSPS) is 11.8. The Balaban J connectivity index is 3.19. The standard InChI is InChI=1S/C13H23N3O/c1-6-13(7-2,17-5)12-15-10(3)8-11(16-12)9-14-4/h8,14H,6-7,9H2,1-5H3. The van der Waals surface area contributed by atoms with E-state index in [0.717, 1.165) is 36.6 Å². The van der Waals surface area contributed by atoms with E-state index in [9.17, 15) is 0 Å². The van der Waals surface area contributed by atoms with Crippen LogP contribution in [0.3, 0.4) is 0 Å². The van der Waals surface area contributed by atoms with E-state index >= 15 is 0 Å². The lowest BCUT2D eigenvalue weighted by atomic mass is 9.95. The van der Waals surface area contributed by atoms with Crippen molar-refractivity contribution in [2.45, 2.75) is 45.8 Å². The molecule has 0 bridgehead atoms. The molecular weight excluding hydrogens is 214 g/mol. The molecule has 96 valence electrons. The third-order valence-corrected chi connectivity index (χ3v) is 3.21. The van der Waals surface area contributed by atoms with E-state index in [2.05, 4.69) is 29.1 Å². The van der Waals surface area contributed by atoms with E-state index in [0.29, 0.717) is 0 Å². The highest BCUT2D eigenvalue weighted by atomic mass is 16.5. The largest absolute Gasteiger partial charge is 0.370 e. The zero-order valence-corrected chi connectivity index (χ0v) is 11.5. The Kier molecular flexibility index (Phi) is 5.02. The maximum Gasteiger partial charge on any atom is 0.160 e. The second-order valence-electron chi connectivity index (χ2n) is 4.26. The minimum atomic E-state index is -0.353. The van der Waals surface area contributed by atoms with Crippen LogP contribution >= 0.6 is 0 Å². The quantitative estimate of drug-likeness (QED) is 0.823. The third-order valence-electron chi connectivity index (χ3n) is 3.21. The molecule has 1 N–H and O–H groups in total. The van der Waals surface area contributed by atoms with E-state index in [1.54, 1.807) is 7.11 Å². The third kappa shape index (κ3) is 3.01. The molecule has 1 heterocycles. The number of aryl methyl sites for hydroxylation is 1. The van der Waals surface area contributed by atoms with Crippen LogP contribution in [-0.2, 0) is 16.9 Å². The molecule has 0 aliphatic rings. The molecule has 0 unspecified atom stereocenters. The molecule has 0 saturated carbocycles. The van der Waals surface area contributed by atoms with Crippen molar-refractivity contribution in [2.24, 2.45) is 0 Å². The van der Waals surface area contributed by atoms with Crippen LogP contribution in [0.25, 0.3) is 0 Å². The molecule has 0 aliphatic carbocycles. The van der Waals surface area contributed by atoms with Gasteiger partial charge in [0.05, 0.1) is 5.69 Å². The summed E-state index contributed by atoms with van der Waals surface area (Å²) in [5.74, 6) is 0.801. The fourth-order valence-corrected chi connectivity index (χ4v) is 2.06. The van der Waals surface area contributed by atoms with E-state index in [4.69, 9.17) is 4.74 Å². The fraction of sp³-hybridized carbons (Fsp3) is 0.692. The monoisotopic (exact) mass is 237 g/mol. The summed E-state index contributed by atoms with van der Waals surface area (Å²) >= 11 is 0. The SMILES string of the molecule is CCC(CC)(OC)c1nc(C)cc(CNC)n1. The van der Waals surface area contributed by atoms with Gasteiger partial charge < -0.3 is 10.1 Å². The Morgan fingerprint density at radius 2 is 1.94 bits per heavy atom. The van der Waals surface area contributed by atoms with Crippen LogP contribution in [-0.4, -0.2) is 24.1 Å². The fourth-order valence-electron chi connectivity index (χ4n) is 2.06. The molecule has 0 spiro atoms. The van der Waals surface area contributed by atoms with Gasteiger partial charge in [-0.1, -0.05) is 13.8 Å². The van der Waals surface area contributed by atoms with Gasteiger partial charge in [-0.15, -0.1) is 0 Å². The van der Waals surface area contributed by atoms with E-state index in [1.165, 1.54) is 0 Å². The number of hydrogen-bond acceptors (Lipinski definition) is 4. The lowest BCUT2D eigenvalue weighted by molar-refractivity contribution is -0.0294. The molecule has 4 heteroatoms. The van der Waals surface area contributed by atoms with Gasteiger partial charge in [0.15, 0.2) is 5.82 Å². The van der Waals surface area contributed by atoms with Gasteiger partial charge in [0.2, 0.25) is 0 Å². The van der Waals surface area contributed by atoms with Crippen molar-refractivity contribution in [1.29, 1.82) is 0 Å². The number of methoxy groups -OCH3 is 1. The molecule has 0 radical (unpaired) electrons. The first-order chi connectivity index (χ1) is 8.11. The predicted octanol–water partition coefficient (Wildman–Crippen LogP) is 2.17. The predicted molar refractivity (Wildman–Crippen MR) is 68.8 cm³/mol. The van der Waals surface area contributed by atoms with Crippen molar-refractivity contribution < 1.29 is 4.74 Å². The summed E-state index contributed by atoms with van der Waals surface area (Å²) in [4.78, 5) is 9.15. The lowest BCUT2D eigenvalue weighted by Gasteiger charge is -2.29. The van der Waals surface area contributed by atoms with Crippen LogP contribution in [0, 0.1) is 6.92 Å². The van der Waals surface area contributed by atoms with Gasteiger partial charge in [0.25, 0.3) is 0 Å². The number of nitrogens with zero attached hydrogens (tertiary/aromatic N) is 2. The first-order valence-corrected chi connectivity index (χ1v) is 6.16. The summed E-state index contributed by atoms with van der Waals surface area (Å²) in [6, 6.07) is 2.01. The highest BCUT2D eigenvalue weighted by Gasteiger charge is 2.31. The lowest BCUT2D eigenvalue weighted by Crippen LogP contribution is -2.30. The molecule has 1 aromatic rings. The number of aromatic nitrogens is 2. The maximum atomic E-state index is 5.67. The molecule has 17 heavy (non-hydrogen) atoms. The summed E-state index contributed by atoms with van der Waals surface area (Å²) < 4.78 is 5.67. The first kappa shape index (κ1) is 14.1. The van der Waals surface area contributed by atoms with E-state index in [-0.39, 0.29) is 5.60 Å². The first-order valence-electron chi connectivity index (χ1n) is 6.16. The van der Waals surface area contributed by atoms with Gasteiger partial charge in [-0.05, 0) is 32.9 Å². The second-order valence-corrected chi connectivity index (χ2v) is 4.26. The molecule has 1 rings (SSSR count). The van der Waals surface area contributed by atoms with Gasteiger partial charge in [-0.3, -0.25) is 0 Å². The molecule has 0 aliphatic heterocycles. The number of nitrogens with one attached hydrogen (secondary N) is 1. The van der Waals surface area contributed by atoms with Crippen molar-refractivity contribution in [1.82, 2.24) is 15.3 Å². The molecule has 0 fully saturated rings. The molecule has 4 nitrogen and oxygen atoms in total. The van der Waals surface area contributed by atoms with Gasteiger partial charge >= 0.3 is 0 Å². The van der Waals surface area contributed by atoms with Gasteiger partial charge in [0, 0.05) is 19.3 Å². The second kappa shape index (κ2) is 6.07. The summed E-state index contributed by atoms with van der Waals surface area (Å²) in [5.41, 5.74) is 1.65. The molecule has 0 atom stereocenters. The van der Waals surface area contributed by atoms with Crippen LogP contribution in [0.15, 0.2) is 6.07 Å². The zero-order chi connectivity index (χ0) is 12.9. The van der Waals surface area contributed by atoms with Crippen molar-refractivity contribution in [3.05, 3.63) is 23.3 Å². The van der Waals surface area contributed by atoms with E-state index < -0.39 is 0 Å². The van der Waals surface area contributed by atoms with Crippen LogP contribution in [0.4, 0.5) is 0 Å². The Labute approximate surface area is 104 Å². The minimum Gasteiger partial charge on any atom is -0.370 e. The summed E-state index contributed by atoms with van der Waals surface area (Å²) in [6.45, 7) is 6.96. The number of hydrogen-bond donors (Lipinski definition) is 1. The van der Waals surface area contributed by atoms with Crippen molar-refractivity contribution in [3.63, 3.8) is 0 Å². The van der Waals surface area contributed by atoms with Crippen molar-refractivity contribution in [2.75, 3.05) is 14.2 Å². The van der Waals surface area contributed by atoms with Crippen LogP contribution in [0.1, 0.15) is 43.9 Å². The zero-order valence-electron chi connectivity index (χ0n) is 11.5. The molecule has 1 aromatic heterocycles. The maximum absolute atomic E-state index is 5.67. The molecule has 0 aromatic carbocycles. The van der Waals surface area contributed by atoms with Gasteiger partial charge in [0.1, 0.15) is 5.60 Å². The van der Waals surface area contributed by atoms with Gasteiger partial charge in [-0.2, -0.15) is 0 Å². The van der Waals surface area contributed by atoms with Crippen LogP contribution in [0.2, 0.25) is 0 Å². The Bertz CT molecular complexity index is 353. The summed E-state index contributed by atoms with van der Waals surface area (Å²) in [5, 5.41) is 3.11. The average Bonchev–Trinajstić information content (AvgIpc) is 2.32. The Hall–Kier alpha value is -1.00. The Morgan fingerprint density at radius 3 is 2.41 bits per heavy atom. The highest BCUT2D eigenvalue weighted by Crippen LogP contribution is 2.29. The summed E-state index contributed by atoms with van der Waals surface area (Å²) in [7, 11) is 3.65. The van der Waals surface area contributed by atoms with Crippen molar-refractivity contribution >= 4 is 0 Å². The number of ether oxygens (including phenoxy) is 1. The molecular formula is C13H23N3O. The van der Waals surface area contributed by atoms with Crippen molar-refractivity contribution in [3.8, 4) is 0 Å². The highest BCUT2D eigenvalue weighted by molar-refractivity contribution is 5.14. The smallest absolute Gasteiger partial charge is 0.160 e. The van der Waals surface area contributed by atoms with Crippen LogP contribution in [0.5, 0.6) is 0 Å². The Morgan fingerprint density at radius 1 is 1.29 bits per heavy atom. The topological polar surface area (TPSA) is 47.0 Å². The molecule has 0 saturated heterocycles. The number of rotatable bonds is 6. The average molecular weight is 237 g/mol. The minimum absolute atomic E-state index is 0.353. The van der Waals surface area contributed by atoms with Crippen LogP contribution < -0.4 is 5.32 Å². The summed E-state index contributed by atoms with van der Waals surface area (Å²) in [6.07, 6.45) is 1.75.